The van der Waals surface area contributed by atoms with E-state index in [0.29, 0.717) is 5.69 Å². The number of nitrogens with one attached hydrogen (secondary N) is 1. The maximum atomic E-state index is 12.0. The van der Waals surface area contributed by atoms with Gasteiger partial charge in [0.2, 0.25) is 6.86 Å². The Morgan fingerprint density at radius 1 is 1.42 bits per heavy atom. The molecule has 0 atom stereocenters. The molecule has 2 aromatic heterocycles. The van der Waals surface area contributed by atoms with E-state index in [1.807, 2.05) is 0 Å². The summed E-state index contributed by atoms with van der Waals surface area (Å²) < 4.78 is 16.6. The summed E-state index contributed by atoms with van der Waals surface area (Å²) in [6.45, 7) is -0.986. The zero-order valence-corrected chi connectivity index (χ0v) is 10.4. The number of carbonyl (C=O) groups is 1. The monoisotopic (exact) mass is 281 g/mol. The van der Waals surface area contributed by atoms with Crippen molar-refractivity contribution in [3.63, 3.8) is 0 Å². The van der Waals surface area contributed by atoms with Crippen LogP contribution in [0, 0.1) is 0 Å². The molecule has 1 N–H and O–H groups in total. The lowest BCUT2D eigenvalue weighted by atomic mass is 10.3. The molecule has 5 nitrogen and oxygen atoms in total. The minimum Gasteiger partial charge on any atom is -0.461 e. The van der Waals surface area contributed by atoms with Gasteiger partial charge in [0.15, 0.2) is 0 Å². The molecule has 0 aliphatic rings. The van der Waals surface area contributed by atoms with Crippen LogP contribution in [0.5, 0.6) is 5.75 Å². The zero-order valence-electron chi connectivity index (χ0n) is 9.64. The maximum absolute atomic E-state index is 12.0. The standard InChI is InChI=1S/C12H9ClFN3O2/c13-10-5-9(19-7-14)6-16-11(10)12(18)17-8-1-3-15-4-2-8/h1-6H,7H2,(H,15,17,18). The topological polar surface area (TPSA) is 64.1 Å². The van der Waals surface area contributed by atoms with Crippen molar-refractivity contribution < 1.29 is 13.9 Å². The van der Waals surface area contributed by atoms with Crippen LogP contribution in [-0.4, -0.2) is 22.7 Å². The molecule has 0 saturated heterocycles. The van der Waals surface area contributed by atoms with Crippen molar-refractivity contribution in [2.75, 3.05) is 12.2 Å². The number of hydrogen-bond donors (Lipinski definition) is 1. The first-order valence-corrected chi connectivity index (χ1v) is 5.64. The first-order chi connectivity index (χ1) is 9.20. The van der Waals surface area contributed by atoms with E-state index in [1.165, 1.54) is 12.3 Å². The summed E-state index contributed by atoms with van der Waals surface area (Å²) in [4.78, 5) is 19.6. The van der Waals surface area contributed by atoms with Crippen LogP contribution in [0.4, 0.5) is 10.1 Å². The number of hydrogen-bond acceptors (Lipinski definition) is 4. The largest absolute Gasteiger partial charge is 0.461 e. The summed E-state index contributed by atoms with van der Waals surface area (Å²) in [5.74, 6) is -0.309. The molecule has 0 saturated carbocycles. The Morgan fingerprint density at radius 3 is 2.79 bits per heavy atom. The predicted molar refractivity (Wildman–Crippen MR) is 68.0 cm³/mol. The van der Waals surface area contributed by atoms with E-state index in [-0.39, 0.29) is 16.5 Å². The number of carbonyl (C=O) groups excluding carboxylic acids is 1. The highest BCUT2D eigenvalue weighted by Crippen LogP contribution is 2.21. The first kappa shape index (κ1) is 13.2. The second-order valence-electron chi connectivity index (χ2n) is 3.44. The minimum atomic E-state index is -0.986. The van der Waals surface area contributed by atoms with Crippen LogP contribution in [-0.2, 0) is 0 Å². The number of rotatable bonds is 4. The summed E-state index contributed by atoms with van der Waals surface area (Å²) in [6.07, 6.45) is 4.32. The molecule has 2 heterocycles. The summed E-state index contributed by atoms with van der Waals surface area (Å²) in [7, 11) is 0. The molecule has 2 aromatic rings. The van der Waals surface area contributed by atoms with E-state index in [2.05, 4.69) is 20.0 Å². The fraction of sp³-hybridized carbons (Fsp3) is 0.0833. The van der Waals surface area contributed by atoms with Gasteiger partial charge in [0.25, 0.3) is 5.91 Å². The second kappa shape index (κ2) is 6.10. The second-order valence-corrected chi connectivity index (χ2v) is 3.85. The van der Waals surface area contributed by atoms with Gasteiger partial charge in [-0.05, 0) is 12.1 Å². The quantitative estimate of drug-likeness (QED) is 0.936. The van der Waals surface area contributed by atoms with E-state index in [9.17, 15) is 9.18 Å². The molecule has 0 unspecified atom stereocenters. The molecule has 0 aliphatic carbocycles. The van der Waals surface area contributed by atoms with Crippen molar-refractivity contribution >= 4 is 23.2 Å². The van der Waals surface area contributed by atoms with Gasteiger partial charge in [-0.2, -0.15) is 0 Å². The van der Waals surface area contributed by atoms with Gasteiger partial charge in [-0.3, -0.25) is 9.78 Å². The smallest absolute Gasteiger partial charge is 0.275 e. The molecule has 0 radical (unpaired) electrons. The lowest BCUT2D eigenvalue weighted by Crippen LogP contribution is -2.14. The SMILES string of the molecule is O=C(Nc1ccncc1)c1ncc(OCF)cc1Cl. The van der Waals surface area contributed by atoms with Crippen LogP contribution in [0.2, 0.25) is 5.02 Å². The molecule has 0 aliphatic heterocycles. The molecule has 98 valence electrons. The minimum absolute atomic E-state index is 0.0321. The van der Waals surface area contributed by atoms with Crippen molar-refractivity contribution in [3.05, 3.63) is 47.5 Å². The highest BCUT2D eigenvalue weighted by Gasteiger charge is 2.13. The van der Waals surface area contributed by atoms with Crippen LogP contribution in [0.3, 0.4) is 0 Å². The first-order valence-electron chi connectivity index (χ1n) is 5.26. The van der Waals surface area contributed by atoms with Crippen molar-refractivity contribution in [2.45, 2.75) is 0 Å². The molecule has 1 amide bonds. The highest BCUT2D eigenvalue weighted by atomic mass is 35.5. The molecule has 19 heavy (non-hydrogen) atoms. The van der Waals surface area contributed by atoms with E-state index >= 15 is 0 Å². The molecule has 0 bridgehead atoms. The fourth-order valence-corrected chi connectivity index (χ4v) is 1.60. The van der Waals surface area contributed by atoms with E-state index in [4.69, 9.17) is 11.6 Å². The molecule has 0 aromatic carbocycles. The van der Waals surface area contributed by atoms with Gasteiger partial charge in [0.05, 0.1) is 11.2 Å². The van der Waals surface area contributed by atoms with Gasteiger partial charge in [0, 0.05) is 24.1 Å². The van der Waals surface area contributed by atoms with E-state index in [0.717, 1.165) is 0 Å². The number of alkyl halides is 1. The Labute approximate surface area is 113 Å². The Bertz CT molecular complexity index is 580. The third-order valence-electron chi connectivity index (χ3n) is 2.19. The van der Waals surface area contributed by atoms with Crippen LogP contribution in [0.1, 0.15) is 10.5 Å². The Balaban J connectivity index is 2.15. The van der Waals surface area contributed by atoms with Crippen molar-refractivity contribution in [1.29, 1.82) is 0 Å². The molecular formula is C12H9ClFN3O2. The number of aromatic nitrogens is 2. The Hall–Kier alpha value is -2.21. The van der Waals surface area contributed by atoms with Crippen molar-refractivity contribution in [1.82, 2.24) is 9.97 Å². The fourth-order valence-electron chi connectivity index (χ4n) is 1.35. The van der Waals surface area contributed by atoms with Gasteiger partial charge in [-0.15, -0.1) is 0 Å². The zero-order chi connectivity index (χ0) is 13.7. The number of amides is 1. The van der Waals surface area contributed by atoms with Crippen molar-refractivity contribution in [3.8, 4) is 5.75 Å². The number of halogens is 2. The summed E-state index contributed by atoms with van der Waals surface area (Å²) in [6, 6.07) is 4.59. The third-order valence-corrected chi connectivity index (χ3v) is 2.48. The van der Waals surface area contributed by atoms with Gasteiger partial charge in [-0.1, -0.05) is 11.6 Å². The summed E-state index contributed by atoms with van der Waals surface area (Å²) >= 11 is 5.89. The van der Waals surface area contributed by atoms with Crippen LogP contribution < -0.4 is 10.1 Å². The van der Waals surface area contributed by atoms with Gasteiger partial charge in [0.1, 0.15) is 11.4 Å². The van der Waals surface area contributed by atoms with Gasteiger partial charge >= 0.3 is 0 Å². The summed E-state index contributed by atoms with van der Waals surface area (Å²) in [5.41, 5.74) is 0.603. The average molecular weight is 282 g/mol. The number of pyridine rings is 2. The molecule has 2 rings (SSSR count). The molecular weight excluding hydrogens is 273 g/mol. The normalized spacial score (nSPS) is 10.0. The van der Waals surface area contributed by atoms with E-state index in [1.54, 1.807) is 24.5 Å². The average Bonchev–Trinajstić information content (AvgIpc) is 2.40. The maximum Gasteiger partial charge on any atom is 0.275 e. The number of anilines is 1. The Kier molecular flexibility index (Phi) is 4.25. The molecule has 7 heteroatoms. The van der Waals surface area contributed by atoms with Crippen LogP contribution in [0.25, 0.3) is 0 Å². The van der Waals surface area contributed by atoms with Crippen LogP contribution in [0.15, 0.2) is 36.8 Å². The van der Waals surface area contributed by atoms with E-state index < -0.39 is 12.8 Å². The molecule has 0 fully saturated rings. The third kappa shape index (κ3) is 3.38. The number of nitrogens with zero attached hydrogens (tertiary/aromatic N) is 2. The number of ether oxygens (including phenoxy) is 1. The summed E-state index contributed by atoms with van der Waals surface area (Å²) in [5, 5.41) is 2.69. The molecule has 0 spiro atoms. The van der Waals surface area contributed by atoms with Gasteiger partial charge in [-0.25, -0.2) is 9.37 Å². The lowest BCUT2D eigenvalue weighted by Gasteiger charge is -2.07. The van der Waals surface area contributed by atoms with Gasteiger partial charge < -0.3 is 10.1 Å². The van der Waals surface area contributed by atoms with Crippen molar-refractivity contribution in [2.24, 2.45) is 0 Å². The lowest BCUT2D eigenvalue weighted by molar-refractivity contribution is 0.102. The predicted octanol–water partition coefficient (Wildman–Crippen LogP) is 2.69. The highest BCUT2D eigenvalue weighted by molar-refractivity contribution is 6.34. The van der Waals surface area contributed by atoms with Crippen LogP contribution >= 0.6 is 11.6 Å². The Morgan fingerprint density at radius 2 is 2.16 bits per heavy atom.